The van der Waals surface area contributed by atoms with Gasteiger partial charge in [-0.3, -0.25) is 4.79 Å². The Labute approximate surface area is 136 Å². The molecule has 0 saturated heterocycles. The number of imidazole rings is 1. The molecule has 0 amide bonds. The molecule has 2 rings (SSSR count). The third kappa shape index (κ3) is 4.28. The number of aromatic nitrogens is 2. The molecule has 0 bridgehead atoms. The van der Waals surface area contributed by atoms with Crippen molar-refractivity contribution in [2.45, 2.75) is 45.8 Å². The van der Waals surface area contributed by atoms with Gasteiger partial charge in [0, 0.05) is 6.42 Å². The highest BCUT2D eigenvalue weighted by Crippen LogP contribution is 2.22. The topological polar surface area (TPSA) is 61.2 Å². The molecular formula is C18H22N2O3. The van der Waals surface area contributed by atoms with Crippen molar-refractivity contribution in [3.8, 4) is 0 Å². The third-order valence-corrected chi connectivity index (χ3v) is 3.62. The zero-order valence-corrected chi connectivity index (χ0v) is 13.9. The van der Waals surface area contributed by atoms with Crippen molar-refractivity contribution >= 4 is 11.8 Å². The molecule has 23 heavy (non-hydrogen) atoms. The van der Waals surface area contributed by atoms with E-state index in [1.807, 2.05) is 37.3 Å². The summed E-state index contributed by atoms with van der Waals surface area (Å²) in [5.41, 5.74) is 0.606. The van der Waals surface area contributed by atoms with Crippen LogP contribution in [0.4, 0.5) is 0 Å². The minimum absolute atomic E-state index is 0.0195. The Hall–Kier alpha value is -2.43. The fraction of sp³-hybridized carbons (Fsp3) is 0.389. The molecule has 1 atom stereocenters. The van der Waals surface area contributed by atoms with Crippen LogP contribution >= 0.6 is 0 Å². The van der Waals surface area contributed by atoms with Gasteiger partial charge in [0.2, 0.25) is 0 Å². The molecule has 0 radical (unpaired) electrons. The fourth-order valence-electron chi connectivity index (χ4n) is 2.60. The number of benzene rings is 1. The molecule has 0 N–H and O–H groups in total. The number of esters is 1. The van der Waals surface area contributed by atoms with E-state index in [-0.39, 0.29) is 18.2 Å². The van der Waals surface area contributed by atoms with Crippen molar-refractivity contribution in [2.75, 3.05) is 0 Å². The number of hydrogen-bond donors (Lipinski definition) is 0. The maximum absolute atomic E-state index is 12.5. The maximum Gasteiger partial charge on any atom is 0.357 e. The van der Waals surface area contributed by atoms with Gasteiger partial charge >= 0.3 is 5.97 Å². The summed E-state index contributed by atoms with van der Waals surface area (Å²) >= 11 is 0. The van der Waals surface area contributed by atoms with E-state index in [4.69, 9.17) is 4.74 Å². The SMILES string of the molecule is CC(=O)CC(C)(C)OC(=O)c1cncn1C(C)c1ccccc1. The standard InChI is InChI=1S/C18H22N2O3/c1-13(21)10-18(3,4)23-17(22)16-11-19-12-20(16)14(2)15-8-6-5-7-9-15/h5-9,11-12,14H,10H2,1-4H3. The summed E-state index contributed by atoms with van der Waals surface area (Å²) in [5.74, 6) is -0.495. The van der Waals surface area contributed by atoms with Crippen molar-refractivity contribution in [2.24, 2.45) is 0 Å². The van der Waals surface area contributed by atoms with Crippen LogP contribution < -0.4 is 0 Å². The van der Waals surface area contributed by atoms with Gasteiger partial charge in [0.05, 0.1) is 18.6 Å². The number of ketones is 1. The summed E-state index contributed by atoms with van der Waals surface area (Å²) < 4.78 is 7.28. The van der Waals surface area contributed by atoms with Crippen LogP contribution in [0.25, 0.3) is 0 Å². The first-order chi connectivity index (χ1) is 10.8. The molecule has 0 aliphatic heterocycles. The van der Waals surface area contributed by atoms with Crippen LogP contribution in [0, 0.1) is 0 Å². The maximum atomic E-state index is 12.5. The zero-order valence-electron chi connectivity index (χ0n) is 13.9. The van der Waals surface area contributed by atoms with Crippen LogP contribution in [0.15, 0.2) is 42.9 Å². The monoisotopic (exact) mass is 314 g/mol. The summed E-state index contributed by atoms with van der Waals surface area (Å²) in [6.07, 6.45) is 3.29. The highest BCUT2D eigenvalue weighted by atomic mass is 16.6. The van der Waals surface area contributed by atoms with Crippen molar-refractivity contribution in [1.29, 1.82) is 0 Å². The molecule has 5 heteroatoms. The van der Waals surface area contributed by atoms with Crippen LogP contribution in [0.5, 0.6) is 0 Å². The summed E-state index contributed by atoms with van der Waals surface area (Å²) in [4.78, 5) is 27.8. The normalized spacial score (nSPS) is 12.7. The molecule has 0 spiro atoms. The number of carbonyl (C=O) groups excluding carboxylic acids is 2. The molecular weight excluding hydrogens is 292 g/mol. The van der Waals surface area contributed by atoms with Crippen molar-refractivity contribution in [3.63, 3.8) is 0 Å². The smallest absolute Gasteiger partial charge is 0.357 e. The van der Waals surface area contributed by atoms with E-state index >= 15 is 0 Å². The van der Waals surface area contributed by atoms with Gasteiger partial charge in [0.1, 0.15) is 17.1 Å². The average molecular weight is 314 g/mol. The summed E-state index contributed by atoms with van der Waals surface area (Å²) in [6, 6.07) is 9.81. The molecule has 0 fully saturated rings. The van der Waals surface area contributed by atoms with Gasteiger partial charge in [-0.05, 0) is 33.3 Å². The molecule has 5 nitrogen and oxygen atoms in total. The number of nitrogens with zero attached hydrogens (tertiary/aromatic N) is 2. The lowest BCUT2D eigenvalue weighted by Crippen LogP contribution is -2.31. The predicted octanol–water partition coefficient (Wildman–Crippen LogP) is 3.41. The Bertz CT molecular complexity index is 689. The summed E-state index contributed by atoms with van der Waals surface area (Å²) in [5, 5.41) is 0. The second kappa shape index (κ2) is 6.77. The van der Waals surface area contributed by atoms with Crippen molar-refractivity contribution < 1.29 is 14.3 Å². The number of hydrogen-bond acceptors (Lipinski definition) is 4. The van der Waals surface area contributed by atoms with Gasteiger partial charge in [0.25, 0.3) is 0 Å². The van der Waals surface area contributed by atoms with E-state index in [0.717, 1.165) is 5.56 Å². The molecule has 0 aliphatic rings. The Morgan fingerprint density at radius 2 is 1.91 bits per heavy atom. The number of ether oxygens (including phenoxy) is 1. The van der Waals surface area contributed by atoms with E-state index in [9.17, 15) is 9.59 Å². The zero-order chi connectivity index (χ0) is 17.0. The predicted molar refractivity (Wildman–Crippen MR) is 87.3 cm³/mol. The minimum atomic E-state index is -0.839. The van der Waals surface area contributed by atoms with Gasteiger partial charge in [0.15, 0.2) is 0 Å². The first kappa shape index (κ1) is 16.9. The first-order valence-electron chi connectivity index (χ1n) is 7.60. The molecule has 2 aromatic rings. The van der Waals surface area contributed by atoms with Crippen molar-refractivity contribution in [3.05, 3.63) is 54.1 Å². The summed E-state index contributed by atoms with van der Waals surface area (Å²) in [7, 11) is 0. The Kier molecular flexibility index (Phi) is 4.98. The van der Waals surface area contributed by atoms with Crippen LogP contribution in [-0.2, 0) is 9.53 Å². The molecule has 0 saturated carbocycles. The first-order valence-corrected chi connectivity index (χ1v) is 7.60. The number of Topliss-reactive ketones (excluding diaryl/α,β-unsaturated/α-hetero) is 1. The van der Waals surface area contributed by atoms with E-state index in [1.54, 1.807) is 24.7 Å². The molecule has 1 heterocycles. The van der Waals surface area contributed by atoms with Crippen LogP contribution in [0.1, 0.15) is 56.2 Å². The van der Waals surface area contributed by atoms with Crippen LogP contribution in [-0.4, -0.2) is 26.9 Å². The lowest BCUT2D eigenvalue weighted by Gasteiger charge is -2.24. The van der Waals surface area contributed by atoms with Gasteiger partial charge in [-0.2, -0.15) is 0 Å². The third-order valence-electron chi connectivity index (χ3n) is 3.62. The van der Waals surface area contributed by atoms with E-state index in [1.165, 1.54) is 13.1 Å². The lowest BCUT2D eigenvalue weighted by atomic mass is 10.0. The largest absolute Gasteiger partial charge is 0.454 e. The van der Waals surface area contributed by atoms with Gasteiger partial charge in [-0.25, -0.2) is 9.78 Å². The fourth-order valence-corrected chi connectivity index (χ4v) is 2.60. The Morgan fingerprint density at radius 1 is 1.26 bits per heavy atom. The highest BCUT2D eigenvalue weighted by Gasteiger charge is 2.28. The second-order valence-corrected chi connectivity index (χ2v) is 6.30. The number of carbonyl (C=O) groups is 2. The number of rotatable bonds is 6. The summed E-state index contributed by atoms with van der Waals surface area (Å²) in [6.45, 7) is 6.94. The van der Waals surface area contributed by atoms with E-state index < -0.39 is 11.6 Å². The van der Waals surface area contributed by atoms with Crippen LogP contribution in [0.3, 0.4) is 0 Å². The van der Waals surface area contributed by atoms with Crippen LogP contribution in [0.2, 0.25) is 0 Å². The molecule has 122 valence electrons. The van der Waals surface area contributed by atoms with E-state index in [2.05, 4.69) is 4.98 Å². The Morgan fingerprint density at radius 3 is 2.52 bits per heavy atom. The van der Waals surface area contributed by atoms with Gasteiger partial charge < -0.3 is 9.30 Å². The molecule has 1 unspecified atom stereocenters. The highest BCUT2D eigenvalue weighted by molar-refractivity contribution is 5.88. The molecule has 0 aliphatic carbocycles. The van der Waals surface area contributed by atoms with Gasteiger partial charge in [-0.15, -0.1) is 0 Å². The van der Waals surface area contributed by atoms with Gasteiger partial charge in [-0.1, -0.05) is 30.3 Å². The minimum Gasteiger partial charge on any atom is -0.454 e. The second-order valence-electron chi connectivity index (χ2n) is 6.30. The molecule has 1 aromatic heterocycles. The quantitative estimate of drug-likeness (QED) is 0.767. The van der Waals surface area contributed by atoms with E-state index in [0.29, 0.717) is 5.69 Å². The lowest BCUT2D eigenvalue weighted by molar-refractivity contribution is -0.121. The Balaban J connectivity index is 2.20. The average Bonchev–Trinajstić information content (AvgIpc) is 2.95. The molecule has 1 aromatic carbocycles. The van der Waals surface area contributed by atoms with Crippen molar-refractivity contribution in [1.82, 2.24) is 9.55 Å².